The number of amides is 5. The van der Waals surface area contributed by atoms with Crippen LogP contribution in [-0.2, 0) is 14.4 Å². The number of imide groups is 1. The SMILES string of the molecule is CC(C)C(=O)N1CCC2(CC1)NC(=O)N(C1CCN(C(=O)CC3C=CCC3)CC1)C2=O. The van der Waals surface area contributed by atoms with Gasteiger partial charge in [-0.15, -0.1) is 0 Å². The van der Waals surface area contributed by atoms with Crippen molar-refractivity contribution in [3.05, 3.63) is 12.2 Å². The zero-order chi connectivity index (χ0) is 22.2. The quantitative estimate of drug-likeness (QED) is 0.545. The molecule has 3 aliphatic heterocycles. The molecule has 1 aliphatic carbocycles. The zero-order valence-corrected chi connectivity index (χ0v) is 18.6. The molecule has 1 unspecified atom stereocenters. The first-order chi connectivity index (χ1) is 14.8. The summed E-state index contributed by atoms with van der Waals surface area (Å²) in [5.41, 5.74) is -0.882. The van der Waals surface area contributed by atoms with Crippen molar-refractivity contribution in [1.82, 2.24) is 20.0 Å². The third-order valence-corrected chi connectivity index (χ3v) is 7.35. The molecule has 3 saturated heterocycles. The van der Waals surface area contributed by atoms with Crippen LogP contribution >= 0.6 is 0 Å². The maximum atomic E-state index is 13.3. The van der Waals surface area contributed by atoms with Crippen molar-refractivity contribution in [3.8, 4) is 0 Å². The molecule has 0 saturated carbocycles. The molecule has 0 aromatic rings. The van der Waals surface area contributed by atoms with E-state index in [-0.39, 0.29) is 35.7 Å². The predicted molar refractivity (Wildman–Crippen MR) is 115 cm³/mol. The number of likely N-dealkylation sites (tertiary alicyclic amines) is 2. The highest BCUT2D eigenvalue weighted by Gasteiger charge is 2.54. The summed E-state index contributed by atoms with van der Waals surface area (Å²) >= 11 is 0. The maximum absolute atomic E-state index is 13.3. The fourth-order valence-electron chi connectivity index (χ4n) is 5.38. The number of allylic oxidation sites excluding steroid dienone is 2. The van der Waals surface area contributed by atoms with E-state index in [0.29, 0.717) is 64.2 Å². The van der Waals surface area contributed by atoms with E-state index in [4.69, 9.17) is 0 Å². The van der Waals surface area contributed by atoms with Gasteiger partial charge in [0.05, 0.1) is 0 Å². The average molecular weight is 431 g/mol. The molecule has 170 valence electrons. The second kappa shape index (κ2) is 8.63. The van der Waals surface area contributed by atoms with Gasteiger partial charge in [0.15, 0.2) is 0 Å². The Hall–Kier alpha value is -2.38. The average Bonchev–Trinajstić information content (AvgIpc) is 3.34. The molecule has 8 heteroatoms. The number of hydrogen-bond acceptors (Lipinski definition) is 4. The second-order valence-corrected chi connectivity index (χ2v) is 9.75. The van der Waals surface area contributed by atoms with Crippen LogP contribution in [0.25, 0.3) is 0 Å². The molecule has 3 fully saturated rings. The number of carbonyl (C=O) groups excluding carboxylic acids is 4. The molecule has 3 heterocycles. The fourth-order valence-corrected chi connectivity index (χ4v) is 5.38. The number of piperidine rings is 2. The molecular formula is C23H34N4O4. The van der Waals surface area contributed by atoms with E-state index in [0.717, 1.165) is 12.8 Å². The van der Waals surface area contributed by atoms with E-state index >= 15 is 0 Å². The molecule has 4 rings (SSSR count). The van der Waals surface area contributed by atoms with E-state index in [9.17, 15) is 19.2 Å². The van der Waals surface area contributed by atoms with Gasteiger partial charge >= 0.3 is 6.03 Å². The minimum Gasteiger partial charge on any atom is -0.343 e. The van der Waals surface area contributed by atoms with Gasteiger partial charge in [0.25, 0.3) is 5.91 Å². The van der Waals surface area contributed by atoms with E-state index in [1.807, 2.05) is 18.7 Å². The molecule has 5 amide bonds. The molecule has 0 bridgehead atoms. The van der Waals surface area contributed by atoms with Crippen molar-refractivity contribution in [2.24, 2.45) is 11.8 Å². The van der Waals surface area contributed by atoms with Crippen LogP contribution in [0, 0.1) is 11.8 Å². The Balaban J connectivity index is 1.32. The van der Waals surface area contributed by atoms with Gasteiger partial charge in [-0.3, -0.25) is 19.3 Å². The smallest absolute Gasteiger partial charge is 0.325 e. The Labute approximate surface area is 184 Å². The number of nitrogens with zero attached hydrogens (tertiary/aromatic N) is 3. The lowest BCUT2D eigenvalue weighted by Gasteiger charge is -2.39. The summed E-state index contributed by atoms with van der Waals surface area (Å²) in [4.78, 5) is 56.0. The summed E-state index contributed by atoms with van der Waals surface area (Å²) in [6.07, 6.45) is 9.10. The number of rotatable bonds is 4. The Morgan fingerprint density at radius 3 is 2.32 bits per heavy atom. The third kappa shape index (κ3) is 4.21. The molecule has 1 spiro atoms. The highest BCUT2D eigenvalue weighted by molar-refractivity contribution is 6.07. The fraction of sp³-hybridized carbons (Fsp3) is 0.739. The molecule has 31 heavy (non-hydrogen) atoms. The summed E-state index contributed by atoms with van der Waals surface area (Å²) in [7, 11) is 0. The lowest BCUT2D eigenvalue weighted by Crippen LogP contribution is -2.57. The number of carbonyl (C=O) groups is 4. The molecule has 0 radical (unpaired) electrons. The van der Waals surface area contributed by atoms with E-state index in [1.54, 1.807) is 4.90 Å². The highest BCUT2D eigenvalue weighted by atomic mass is 16.2. The van der Waals surface area contributed by atoms with Gasteiger partial charge in [-0.05, 0) is 44.4 Å². The van der Waals surface area contributed by atoms with Crippen LogP contribution in [0.15, 0.2) is 12.2 Å². The van der Waals surface area contributed by atoms with Gasteiger partial charge in [0, 0.05) is 44.6 Å². The molecular weight excluding hydrogens is 396 g/mol. The normalized spacial score (nSPS) is 26.3. The first-order valence-electron chi connectivity index (χ1n) is 11.7. The largest absolute Gasteiger partial charge is 0.343 e. The first kappa shape index (κ1) is 21.8. The summed E-state index contributed by atoms with van der Waals surface area (Å²) in [6.45, 7) is 5.89. The molecule has 1 N–H and O–H groups in total. The van der Waals surface area contributed by atoms with Crippen LogP contribution in [0.3, 0.4) is 0 Å². The van der Waals surface area contributed by atoms with Crippen LogP contribution in [0.5, 0.6) is 0 Å². The number of hydrogen-bond donors (Lipinski definition) is 1. The standard InChI is InChI=1S/C23H34N4O4/c1-16(2)20(29)26-13-9-23(10-14-26)21(30)27(22(31)24-23)18-7-11-25(12-8-18)19(28)15-17-5-3-4-6-17/h3,5,16-18H,4,6-15H2,1-2H3,(H,24,31). The second-order valence-electron chi connectivity index (χ2n) is 9.75. The maximum Gasteiger partial charge on any atom is 0.325 e. The summed E-state index contributed by atoms with van der Waals surface area (Å²) in [5.74, 6) is 0.385. The van der Waals surface area contributed by atoms with Crippen molar-refractivity contribution in [1.29, 1.82) is 0 Å². The van der Waals surface area contributed by atoms with E-state index in [2.05, 4.69) is 17.5 Å². The lowest BCUT2D eigenvalue weighted by molar-refractivity contribution is -0.141. The molecule has 0 aromatic heterocycles. The summed E-state index contributed by atoms with van der Waals surface area (Å²) < 4.78 is 0. The van der Waals surface area contributed by atoms with Crippen LogP contribution in [0.2, 0.25) is 0 Å². The van der Waals surface area contributed by atoms with Gasteiger partial charge in [-0.25, -0.2) is 4.79 Å². The molecule has 0 aromatic carbocycles. The van der Waals surface area contributed by atoms with Crippen LogP contribution in [-0.4, -0.2) is 76.2 Å². The number of urea groups is 1. The predicted octanol–water partition coefficient (Wildman–Crippen LogP) is 1.90. The van der Waals surface area contributed by atoms with E-state index < -0.39 is 5.54 Å². The summed E-state index contributed by atoms with van der Waals surface area (Å²) in [5, 5.41) is 2.95. The monoisotopic (exact) mass is 430 g/mol. The lowest BCUT2D eigenvalue weighted by atomic mass is 9.86. The van der Waals surface area contributed by atoms with Gasteiger partial charge in [-0.2, -0.15) is 0 Å². The molecule has 1 atom stereocenters. The Kier molecular flexibility index (Phi) is 6.08. The summed E-state index contributed by atoms with van der Waals surface area (Å²) in [6, 6.07) is -0.493. The topological polar surface area (TPSA) is 90.0 Å². The zero-order valence-electron chi connectivity index (χ0n) is 18.6. The van der Waals surface area contributed by atoms with Crippen molar-refractivity contribution >= 4 is 23.8 Å². The molecule has 8 nitrogen and oxygen atoms in total. The van der Waals surface area contributed by atoms with E-state index in [1.165, 1.54) is 4.90 Å². The van der Waals surface area contributed by atoms with Crippen LogP contribution in [0.4, 0.5) is 4.79 Å². The third-order valence-electron chi connectivity index (χ3n) is 7.35. The minimum absolute atomic E-state index is 0.0722. The van der Waals surface area contributed by atoms with Gasteiger partial charge < -0.3 is 15.1 Å². The van der Waals surface area contributed by atoms with Crippen molar-refractivity contribution in [3.63, 3.8) is 0 Å². The van der Waals surface area contributed by atoms with Crippen LogP contribution in [0.1, 0.15) is 58.8 Å². The van der Waals surface area contributed by atoms with Gasteiger partial charge in [-0.1, -0.05) is 26.0 Å². The minimum atomic E-state index is -0.882. The Bertz CT molecular complexity index is 776. The van der Waals surface area contributed by atoms with Crippen molar-refractivity contribution < 1.29 is 19.2 Å². The van der Waals surface area contributed by atoms with Crippen molar-refractivity contribution in [2.75, 3.05) is 26.2 Å². The highest BCUT2D eigenvalue weighted by Crippen LogP contribution is 2.33. The van der Waals surface area contributed by atoms with Crippen molar-refractivity contribution in [2.45, 2.75) is 70.4 Å². The van der Waals surface area contributed by atoms with Gasteiger partial charge in [0.2, 0.25) is 11.8 Å². The first-order valence-corrected chi connectivity index (χ1v) is 11.7. The number of nitrogens with one attached hydrogen (secondary N) is 1. The Morgan fingerprint density at radius 1 is 1.06 bits per heavy atom. The molecule has 4 aliphatic rings. The Morgan fingerprint density at radius 2 is 1.74 bits per heavy atom. The van der Waals surface area contributed by atoms with Gasteiger partial charge in [0.1, 0.15) is 5.54 Å². The van der Waals surface area contributed by atoms with Crippen LogP contribution < -0.4 is 5.32 Å².